The van der Waals surface area contributed by atoms with Crippen molar-refractivity contribution in [2.75, 3.05) is 40.3 Å². The molecule has 0 aliphatic carbocycles. The molecular formula is C17H27N3O2. The second-order valence-electron chi connectivity index (χ2n) is 6.00. The first-order chi connectivity index (χ1) is 10.6. The summed E-state index contributed by atoms with van der Waals surface area (Å²) >= 11 is 0. The van der Waals surface area contributed by atoms with Gasteiger partial charge in [0.1, 0.15) is 0 Å². The van der Waals surface area contributed by atoms with Gasteiger partial charge in [-0.15, -0.1) is 0 Å². The molecular weight excluding hydrogens is 278 g/mol. The van der Waals surface area contributed by atoms with Crippen LogP contribution in [0.15, 0.2) is 24.3 Å². The lowest BCUT2D eigenvalue weighted by atomic mass is 10.0. The van der Waals surface area contributed by atoms with E-state index in [4.69, 9.17) is 0 Å². The van der Waals surface area contributed by atoms with Crippen molar-refractivity contribution >= 4 is 5.91 Å². The highest BCUT2D eigenvalue weighted by molar-refractivity contribution is 5.93. The van der Waals surface area contributed by atoms with Crippen LogP contribution in [0.25, 0.3) is 0 Å². The summed E-state index contributed by atoms with van der Waals surface area (Å²) in [7, 11) is 3.80. The summed E-state index contributed by atoms with van der Waals surface area (Å²) in [4.78, 5) is 16.3. The monoisotopic (exact) mass is 305 g/mol. The normalized spacial score (nSPS) is 16.9. The summed E-state index contributed by atoms with van der Waals surface area (Å²) in [6, 6.07) is 8.26. The third-order valence-electron chi connectivity index (χ3n) is 4.42. The van der Waals surface area contributed by atoms with E-state index in [9.17, 15) is 9.90 Å². The molecule has 22 heavy (non-hydrogen) atoms. The topological polar surface area (TPSA) is 55.8 Å². The van der Waals surface area contributed by atoms with E-state index in [0.717, 1.165) is 32.5 Å². The molecule has 5 nitrogen and oxygen atoms in total. The van der Waals surface area contributed by atoms with Gasteiger partial charge in [0.25, 0.3) is 5.91 Å². The van der Waals surface area contributed by atoms with Crippen molar-refractivity contribution in [3.05, 3.63) is 35.4 Å². The molecule has 0 saturated carbocycles. The number of aliphatic hydroxyl groups excluding tert-OH is 1. The fourth-order valence-electron chi connectivity index (χ4n) is 3.02. The van der Waals surface area contributed by atoms with E-state index in [2.05, 4.69) is 22.2 Å². The number of hydrogen-bond donors (Lipinski definition) is 2. The fourth-order valence-corrected chi connectivity index (χ4v) is 3.02. The molecule has 1 saturated heterocycles. The van der Waals surface area contributed by atoms with Gasteiger partial charge in [-0.1, -0.05) is 12.1 Å². The summed E-state index contributed by atoms with van der Waals surface area (Å²) in [5, 5.41) is 12.0. The molecule has 0 spiro atoms. The van der Waals surface area contributed by atoms with Crippen molar-refractivity contribution in [2.45, 2.75) is 25.4 Å². The van der Waals surface area contributed by atoms with Gasteiger partial charge in [0.15, 0.2) is 0 Å². The number of amides is 1. The SMILES string of the molecule is CNC(=O)c1ccc(CN(CCO)C2CCN(C)CC2)cc1. The lowest BCUT2D eigenvalue weighted by Crippen LogP contribution is -2.44. The van der Waals surface area contributed by atoms with Gasteiger partial charge >= 0.3 is 0 Å². The van der Waals surface area contributed by atoms with Crippen LogP contribution in [0.2, 0.25) is 0 Å². The summed E-state index contributed by atoms with van der Waals surface area (Å²) in [6.07, 6.45) is 2.29. The zero-order chi connectivity index (χ0) is 15.9. The predicted molar refractivity (Wildman–Crippen MR) is 87.8 cm³/mol. The number of rotatable bonds is 6. The Labute approximate surface area is 132 Å². The van der Waals surface area contributed by atoms with Crippen LogP contribution in [0.5, 0.6) is 0 Å². The maximum absolute atomic E-state index is 11.6. The Kier molecular flexibility index (Phi) is 6.36. The van der Waals surface area contributed by atoms with Crippen molar-refractivity contribution in [3.8, 4) is 0 Å². The number of aliphatic hydroxyl groups is 1. The third-order valence-corrected chi connectivity index (χ3v) is 4.42. The number of nitrogens with zero attached hydrogens (tertiary/aromatic N) is 2. The Morgan fingerprint density at radius 1 is 1.32 bits per heavy atom. The highest BCUT2D eigenvalue weighted by Gasteiger charge is 2.22. The maximum atomic E-state index is 11.6. The molecule has 1 aliphatic rings. The van der Waals surface area contributed by atoms with Crippen LogP contribution in [-0.4, -0.2) is 67.2 Å². The number of carbonyl (C=O) groups is 1. The molecule has 0 unspecified atom stereocenters. The number of likely N-dealkylation sites (tertiary alicyclic amines) is 1. The van der Waals surface area contributed by atoms with Crippen molar-refractivity contribution in [2.24, 2.45) is 0 Å². The maximum Gasteiger partial charge on any atom is 0.251 e. The van der Waals surface area contributed by atoms with Crippen LogP contribution in [-0.2, 0) is 6.54 Å². The van der Waals surface area contributed by atoms with Gasteiger partial charge in [0.05, 0.1) is 6.61 Å². The Hall–Kier alpha value is -1.43. The lowest BCUT2D eigenvalue weighted by molar-refractivity contribution is 0.0940. The molecule has 1 aliphatic heterocycles. The Morgan fingerprint density at radius 3 is 2.50 bits per heavy atom. The van der Waals surface area contributed by atoms with Crippen molar-refractivity contribution in [1.29, 1.82) is 0 Å². The number of benzene rings is 1. The largest absolute Gasteiger partial charge is 0.395 e. The van der Waals surface area contributed by atoms with Gasteiger partial charge in [0.2, 0.25) is 0 Å². The van der Waals surface area contributed by atoms with E-state index in [1.165, 1.54) is 5.56 Å². The van der Waals surface area contributed by atoms with E-state index < -0.39 is 0 Å². The van der Waals surface area contributed by atoms with Crippen LogP contribution >= 0.6 is 0 Å². The molecule has 1 fully saturated rings. The lowest BCUT2D eigenvalue weighted by Gasteiger charge is -2.37. The first-order valence-corrected chi connectivity index (χ1v) is 7.98. The van der Waals surface area contributed by atoms with Crippen LogP contribution in [0, 0.1) is 0 Å². The Balaban J connectivity index is 1.99. The van der Waals surface area contributed by atoms with Gasteiger partial charge in [-0.3, -0.25) is 9.69 Å². The highest BCUT2D eigenvalue weighted by atomic mass is 16.3. The van der Waals surface area contributed by atoms with Gasteiger partial charge in [-0.25, -0.2) is 0 Å². The number of piperidine rings is 1. The molecule has 2 N–H and O–H groups in total. The third kappa shape index (κ3) is 4.53. The zero-order valence-electron chi connectivity index (χ0n) is 13.6. The minimum Gasteiger partial charge on any atom is -0.395 e. The second-order valence-corrected chi connectivity index (χ2v) is 6.00. The van der Waals surface area contributed by atoms with E-state index in [-0.39, 0.29) is 12.5 Å². The molecule has 122 valence electrons. The first-order valence-electron chi connectivity index (χ1n) is 7.98. The van der Waals surface area contributed by atoms with E-state index >= 15 is 0 Å². The number of nitrogens with one attached hydrogen (secondary N) is 1. The minimum absolute atomic E-state index is 0.0610. The summed E-state index contributed by atoms with van der Waals surface area (Å²) in [5.74, 6) is -0.0610. The molecule has 2 rings (SSSR count). The fraction of sp³-hybridized carbons (Fsp3) is 0.588. The molecule has 0 radical (unpaired) electrons. The Morgan fingerprint density at radius 2 is 1.95 bits per heavy atom. The van der Waals surface area contributed by atoms with Gasteiger partial charge in [-0.05, 0) is 50.7 Å². The van der Waals surface area contributed by atoms with Crippen LogP contribution in [0.1, 0.15) is 28.8 Å². The molecule has 1 aromatic rings. The van der Waals surface area contributed by atoms with E-state index in [1.54, 1.807) is 7.05 Å². The van der Waals surface area contributed by atoms with Crippen LogP contribution in [0.4, 0.5) is 0 Å². The Bertz CT molecular complexity index is 467. The second kappa shape index (κ2) is 8.27. The van der Waals surface area contributed by atoms with E-state index in [1.807, 2.05) is 24.3 Å². The summed E-state index contributed by atoms with van der Waals surface area (Å²) in [5.41, 5.74) is 1.86. The molecule has 5 heteroatoms. The molecule has 0 aromatic heterocycles. The summed E-state index contributed by atoms with van der Waals surface area (Å²) < 4.78 is 0. The zero-order valence-corrected chi connectivity index (χ0v) is 13.6. The van der Waals surface area contributed by atoms with Gasteiger partial charge in [0, 0.05) is 31.7 Å². The first kappa shape index (κ1) is 16.9. The average molecular weight is 305 g/mol. The van der Waals surface area contributed by atoms with Gasteiger partial charge < -0.3 is 15.3 Å². The molecule has 1 heterocycles. The summed E-state index contributed by atoms with van der Waals surface area (Å²) in [6.45, 7) is 3.93. The average Bonchev–Trinajstić information content (AvgIpc) is 2.55. The van der Waals surface area contributed by atoms with Crippen molar-refractivity contribution in [1.82, 2.24) is 15.1 Å². The number of hydrogen-bond acceptors (Lipinski definition) is 4. The van der Waals surface area contributed by atoms with E-state index in [0.29, 0.717) is 18.2 Å². The van der Waals surface area contributed by atoms with Crippen molar-refractivity contribution < 1.29 is 9.90 Å². The quantitative estimate of drug-likeness (QED) is 0.821. The van der Waals surface area contributed by atoms with Crippen LogP contribution < -0.4 is 5.32 Å². The molecule has 0 bridgehead atoms. The van der Waals surface area contributed by atoms with Crippen molar-refractivity contribution in [3.63, 3.8) is 0 Å². The van der Waals surface area contributed by atoms with Gasteiger partial charge in [-0.2, -0.15) is 0 Å². The smallest absolute Gasteiger partial charge is 0.251 e. The molecule has 1 amide bonds. The highest BCUT2D eigenvalue weighted by Crippen LogP contribution is 2.18. The standard InChI is InChI=1S/C17H27N3O2/c1-18-17(22)15-5-3-14(4-6-15)13-20(11-12-21)16-7-9-19(2)10-8-16/h3-6,16,21H,7-13H2,1-2H3,(H,18,22). The molecule has 0 atom stereocenters. The number of carbonyl (C=O) groups excluding carboxylic acids is 1. The predicted octanol–water partition coefficient (Wildman–Crippen LogP) is 0.935. The van der Waals surface area contributed by atoms with Crippen LogP contribution in [0.3, 0.4) is 0 Å². The minimum atomic E-state index is -0.0610. The molecule has 1 aromatic carbocycles.